The third-order valence-electron chi connectivity index (χ3n) is 5.80. The predicted molar refractivity (Wildman–Crippen MR) is 110 cm³/mol. The van der Waals surface area contributed by atoms with E-state index in [0.717, 1.165) is 31.8 Å². The molecule has 10 heteroatoms. The van der Waals surface area contributed by atoms with Crippen molar-refractivity contribution >= 4 is 17.6 Å². The van der Waals surface area contributed by atoms with Gasteiger partial charge >= 0.3 is 6.03 Å². The monoisotopic (exact) mass is 415 g/mol. The van der Waals surface area contributed by atoms with Crippen LogP contribution in [0.4, 0.5) is 4.79 Å². The van der Waals surface area contributed by atoms with Gasteiger partial charge in [0.15, 0.2) is 11.5 Å². The number of urea groups is 1. The number of hydrogen-bond acceptors (Lipinski definition) is 6. The molecule has 4 rings (SSSR count). The fourth-order valence-corrected chi connectivity index (χ4v) is 3.99. The van der Waals surface area contributed by atoms with Crippen LogP contribution in [0.5, 0.6) is 0 Å². The maximum absolute atomic E-state index is 12.6. The number of aromatic nitrogens is 3. The van der Waals surface area contributed by atoms with Gasteiger partial charge in [0.2, 0.25) is 0 Å². The van der Waals surface area contributed by atoms with Gasteiger partial charge in [0.25, 0.3) is 5.91 Å². The van der Waals surface area contributed by atoms with Crippen molar-refractivity contribution in [2.24, 2.45) is 0 Å². The fourth-order valence-electron chi connectivity index (χ4n) is 3.99. The minimum absolute atomic E-state index is 0.0175. The van der Waals surface area contributed by atoms with Crippen LogP contribution < -0.4 is 5.32 Å². The van der Waals surface area contributed by atoms with Gasteiger partial charge in [-0.1, -0.05) is 0 Å². The summed E-state index contributed by atoms with van der Waals surface area (Å²) in [7, 11) is 5.52. The number of carbonyl (C=O) groups excluding carboxylic acids is 2. The number of likely N-dealkylation sites (N-methyl/N-ethyl adjacent to an activating group) is 1. The van der Waals surface area contributed by atoms with Gasteiger partial charge in [0.1, 0.15) is 0 Å². The molecule has 2 saturated heterocycles. The van der Waals surface area contributed by atoms with Crippen molar-refractivity contribution < 1.29 is 14.3 Å². The third kappa shape index (κ3) is 4.10. The van der Waals surface area contributed by atoms with E-state index in [4.69, 9.17) is 4.74 Å². The number of nitrogens with one attached hydrogen (secondary N) is 1. The van der Waals surface area contributed by atoms with Gasteiger partial charge in [0.05, 0.1) is 17.7 Å². The first-order valence-corrected chi connectivity index (χ1v) is 10.3. The summed E-state index contributed by atoms with van der Waals surface area (Å²) in [4.78, 5) is 30.7. The molecule has 0 radical (unpaired) electrons. The molecule has 0 aliphatic carbocycles. The van der Waals surface area contributed by atoms with Crippen molar-refractivity contribution in [1.29, 1.82) is 0 Å². The molecule has 4 heterocycles. The second-order valence-corrected chi connectivity index (χ2v) is 8.17. The SMILES string of the molecule is CN(C)C(=O)N1CCN(C)[C@@H](c2nnc3ccc(C(=O)NC[C@@H]4CCCO4)cn23)C1. The highest BCUT2D eigenvalue weighted by Gasteiger charge is 2.32. The van der Waals surface area contributed by atoms with Crippen molar-refractivity contribution in [2.75, 3.05) is 53.9 Å². The van der Waals surface area contributed by atoms with Gasteiger partial charge in [-0.15, -0.1) is 10.2 Å². The van der Waals surface area contributed by atoms with Crippen LogP contribution >= 0.6 is 0 Å². The van der Waals surface area contributed by atoms with Gasteiger partial charge in [0, 0.05) is 53.1 Å². The molecular weight excluding hydrogens is 386 g/mol. The molecule has 10 nitrogen and oxygen atoms in total. The Bertz CT molecular complexity index is 922. The molecule has 2 atom stereocenters. The van der Waals surface area contributed by atoms with Gasteiger partial charge in [-0.2, -0.15) is 0 Å². The number of nitrogens with zero attached hydrogens (tertiary/aromatic N) is 6. The number of piperazine rings is 1. The highest BCUT2D eigenvalue weighted by molar-refractivity contribution is 5.94. The van der Waals surface area contributed by atoms with Gasteiger partial charge in [-0.3, -0.25) is 14.1 Å². The van der Waals surface area contributed by atoms with Crippen molar-refractivity contribution in [1.82, 2.24) is 34.6 Å². The van der Waals surface area contributed by atoms with E-state index in [1.54, 1.807) is 37.3 Å². The van der Waals surface area contributed by atoms with E-state index >= 15 is 0 Å². The Morgan fingerprint density at radius 3 is 2.83 bits per heavy atom. The van der Waals surface area contributed by atoms with Crippen molar-refractivity contribution in [3.8, 4) is 0 Å². The average molecular weight is 415 g/mol. The molecule has 0 unspecified atom stereocenters. The Balaban J connectivity index is 1.54. The Labute approximate surface area is 175 Å². The summed E-state index contributed by atoms with van der Waals surface area (Å²) in [6, 6.07) is 3.42. The zero-order chi connectivity index (χ0) is 21.3. The highest BCUT2D eigenvalue weighted by atomic mass is 16.5. The number of hydrogen-bond donors (Lipinski definition) is 1. The van der Waals surface area contributed by atoms with E-state index in [1.807, 2.05) is 16.3 Å². The predicted octanol–water partition coefficient (Wildman–Crippen LogP) is 0.608. The van der Waals surface area contributed by atoms with E-state index in [1.165, 1.54) is 0 Å². The van der Waals surface area contributed by atoms with Crippen LogP contribution in [-0.2, 0) is 4.74 Å². The zero-order valence-corrected chi connectivity index (χ0v) is 17.7. The summed E-state index contributed by atoms with van der Waals surface area (Å²) in [5, 5.41) is 11.6. The number of ether oxygens (including phenoxy) is 1. The highest BCUT2D eigenvalue weighted by Crippen LogP contribution is 2.24. The quantitative estimate of drug-likeness (QED) is 0.786. The summed E-state index contributed by atoms with van der Waals surface area (Å²) >= 11 is 0. The van der Waals surface area contributed by atoms with Crippen molar-refractivity contribution in [2.45, 2.75) is 25.0 Å². The molecule has 0 saturated carbocycles. The van der Waals surface area contributed by atoms with E-state index < -0.39 is 0 Å². The molecule has 2 aromatic heterocycles. The minimum Gasteiger partial charge on any atom is -0.376 e. The lowest BCUT2D eigenvalue weighted by Gasteiger charge is -2.39. The van der Waals surface area contributed by atoms with Gasteiger partial charge < -0.3 is 19.9 Å². The van der Waals surface area contributed by atoms with E-state index in [-0.39, 0.29) is 24.1 Å². The molecule has 0 aromatic carbocycles. The Morgan fingerprint density at radius 1 is 1.27 bits per heavy atom. The van der Waals surface area contributed by atoms with Crippen LogP contribution in [0.15, 0.2) is 18.3 Å². The summed E-state index contributed by atoms with van der Waals surface area (Å²) in [5.74, 6) is 0.575. The van der Waals surface area contributed by atoms with Crippen molar-refractivity contribution in [3.05, 3.63) is 29.7 Å². The Morgan fingerprint density at radius 2 is 2.10 bits per heavy atom. The normalized spacial score (nSPS) is 22.4. The smallest absolute Gasteiger partial charge is 0.319 e. The second-order valence-electron chi connectivity index (χ2n) is 8.17. The summed E-state index contributed by atoms with van der Waals surface area (Å²) in [5.41, 5.74) is 1.21. The van der Waals surface area contributed by atoms with E-state index in [0.29, 0.717) is 30.8 Å². The Hall–Kier alpha value is -2.72. The molecule has 162 valence electrons. The van der Waals surface area contributed by atoms with Crippen LogP contribution in [0.1, 0.15) is 35.1 Å². The maximum atomic E-state index is 12.6. The number of pyridine rings is 1. The van der Waals surface area contributed by atoms with Gasteiger partial charge in [-0.25, -0.2) is 4.79 Å². The zero-order valence-electron chi connectivity index (χ0n) is 17.7. The molecule has 2 aromatic rings. The lowest BCUT2D eigenvalue weighted by atomic mass is 10.1. The van der Waals surface area contributed by atoms with Crippen LogP contribution in [0, 0.1) is 0 Å². The number of amides is 3. The largest absolute Gasteiger partial charge is 0.376 e. The first kappa shape index (κ1) is 20.5. The molecule has 2 aliphatic rings. The lowest BCUT2D eigenvalue weighted by molar-refractivity contribution is 0.0857. The molecule has 1 N–H and O–H groups in total. The minimum atomic E-state index is -0.145. The molecule has 3 amide bonds. The lowest BCUT2D eigenvalue weighted by Crippen LogP contribution is -2.52. The van der Waals surface area contributed by atoms with Crippen LogP contribution in [0.2, 0.25) is 0 Å². The topological polar surface area (TPSA) is 95.3 Å². The summed E-state index contributed by atoms with van der Waals surface area (Å²) in [6.45, 7) is 3.19. The Kier molecular flexibility index (Phi) is 5.87. The van der Waals surface area contributed by atoms with Crippen LogP contribution in [0.25, 0.3) is 5.65 Å². The summed E-state index contributed by atoms with van der Waals surface area (Å²) < 4.78 is 7.43. The summed E-state index contributed by atoms with van der Waals surface area (Å²) in [6.07, 6.45) is 3.89. The number of rotatable bonds is 4. The third-order valence-corrected chi connectivity index (χ3v) is 5.80. The van der Waals surface area contributed by atoms with Crippen LogP contribution in [-0.4, -0.2) is 101 Å². The first-order chi connectivity index (χ1) is 14.4. The molecule has 30 heavy (non-hydrogen) atoms. The van der Waals surface area contributed by atoms with Crippen molar-refractivity contribution in [3.63, 3.8) is 0 Å². The average Bonchev–Trinajstić information content (AvgIpc) is 3.41. The fraction of sp³-hybridized carbons (Fsp3) is 0.600. The van der Waals surface area contributed by atoms with Crippen LogP contribution in [0.3, 0.4) is 0 Å². The number of carbonyl (C=O) groups is 2. The number of fused-ring (bicyclic) bond motifs is 1. The van der Waals surface area contributed by atoms with E-state index in [9.17, 15) is 9.59 Å². The molecule has 2 fully saturated rings. The molecular formula is C20H29N7O3. The molecule has 0 spiro atoms. The first-order valence-electron chi connectivity index (χ1n) is 10.3. The molecule has 0 bridgehead atoms. The standard InChI is InChI=1S/C20H29N7O3/c1-24(2)20(29)26-9-8-25(3)16(13-26)18-23-22-17-7-6-14(12-27(17)18)19(28)21-11-15-5-4-10-30-15/h6-7,12,15-16H,4-5,8-11,13H2,1-3H3,(H,21,28)/t15-,16+/m0/s1. The van der Waals surface area contributed by atoms with Gasteiger partial charge in [-0.05, 0) is 32.0 Å². The van der Waals surface area contributed by atoms with E-state index in [2.05, 4.69) is 20.4 Å². The molecule has 2 aliphatic heterocycles. The maximum Gasteiger partial charge on any atom is 0.319 e. The second kappa shape index (κ2) is 8.57.